The zero-order valence-corrected chi connectivity index (χ0v) is 17.9. The molecule has 1 amide bonds. The van der Waals surface area contributed by atoms with Crippen LogP contribution in [0.15, 0.2) is 30.3 Å². The summed E-state index contributed by atoms with van der Waals surface area (Å²) in [5.74, 6) is 2.52. The first kappa shape index (κ1) is 21.1. The predicted molar refractivity (Wildman–Crippen MR) is 112 cm³/mol. The van der Waals surface area contributed by atoms with Gasteiger partial charge >= 0.3 is 0 Å². The summed E-state index contributed by atoms with van der Waals surface area (Å²) in [5.41, 5.74) is 3.22. The molecule has 0 radical (unpaired) electrons. The van der Waals surface area contributed by atoms with Gasteiger partial charge in [0.2, 0.25) is 5.91 Å². The number of hydrogen-bond donors (Lipinski definition) is 0. The number of rotatable bonds is 7. The summed E-state index contributed by atoms with van der Waals surface area (Å²) in [6.07, 6.45) is 1.35. The van der Waals surface area contributed by atoms with Crippen LogP contribution in [0.3, 0.4) is 0 Å². The van der Waals surface area contributed by atoms with Crippen LogP contribution in [0.4, 0.5) is 0 Å². The fourth-order valence-corrected chi connectivity index (χ4v) is 4.01. The summed E-state index contributed by atoms with van der Waals surface area (Å²) in [6.45, 7) is 0.603. The summed E-state index contributed by atoms with van der Waals surface area (Å²) in [6, 6.07) is 9.60. The summed E-state index contributed by atoms with van der Waals surface area (Å²) in [7, 11) is 6.45. The van der Waals surface area contributed by atoms with Crippen LogP contribution in [0.1, 0.15) is 22.7 Å². The second-order valence-electron chi connectivity index (χ2n) is 6.79. The molecule has 1 atom stereocenters. The SMILES string of the molecule is COc1ccc(C[C@H]2c3cc(OC)c(OC)cc3CCN2C(=O)CCl)cc1OC. The lowest BCUT2D eigenvalue weighted by Crippen LogP contribution is -2.41. The van der Waals surface area contributed by atoms with Crippen molar-refractivity contribution in [3.8, 4) is 23.0 Å². The Balaban J connectivity index is 2.04. The molecule has 29 heavy (non-hydrogen) atoms. The van der Waals surface area contributed by atoms with E-state index in [4.69, 9.17) is 30.5 Å². The average molecular weight is 420 g/mol. The van der Waals surface area contributed by atoms with E-state index in [2.05, 4.69) is 0 Å². The Labute approximate surface area is 176 Å². The molecule has 0 unspecified atom stereocenters. The lowest BCUT2D eigenvalue weighted by molar-refractivity contribution is -0.131. The van der Waals surface area contributed by atoms with E-state index < -0.39 is 0 Å². The van der Waals surface area contributed by atoms with Gasteiger partial charge in [0.05, 0.1) is 34.5 Å². The number of nitrogens with zero attached hydrogens (tertiary/aromatic N) is 1. The molecule has 156 valence electrons. The van der Waals surface area contributed by atoms with Crippen LogP contribution < -0.4 is 18.9 Å². The molecule has 0 saturated carbocycles. The molecule has 1 aliphatic rings. The molecule has 0 aliphatic carbocycles. The van der Waals surface area contributed by atoms with Gasteiger partial charge in [-0.3, -0.25) is 4.79 Å². The van der Waals surface area contributed by atoms with Crippen LogP contribution in [0.2, 0.25) is 0 Å². The maximum absolute atomic E-state index is 12.6. The third-order valence-corrected chi connectivity index (χ3v) is 5.54. The minimum atomic E-state index is -0.164. The Morgan fingerprint density at radius 1 is 0.966 bits per heavy atom. The minimum absolute atomic E-state index is 0.0505. The Morgan fingerprint density at radius 2 is 1.59 bits per heavy atom. The van der Waals surface area contributed by atoms with E-state index >= 15 is 0 Å². The summed E-state index contributed by atoms with van der Waals surface area (Å²) >= 11 is 5.90. The highest BCUT2D eigenvalue weighted by Gasteiger charge is 2.32. The fourth-order valence-electron chi connectivity index (χ4n) is 3.85. The van der Waals surface area contributed by atoms with Gasteiger partial charge in [-0.1, -0.05) is 6.07 Å². The second kappa shape index (κ2) is 9.27. The van der Waals surface area contributed by atoms with Crippen LogP contribution in [0, 0.1) is 0 Å². The second-order valence-corrected chi connectivity index (χ2v) is 7.05. The molecule has 0 N–H and O–H groups in total. The van der Waals surface area contributed by atoms with E-state index in [1.807, 2.05) is 35.2 Å². The molecule has 7 heteroatoms. The van der Waals surface area contributed by atoms with Crippen molar-refractivity contribution in [3.63, 3.8) is 0 Å². The van der Waals surface area contributed by atoms with Crippen molar-refractivity contribution < 1.29 is 23.7 Å². The van der Waals surface area contributed by atoms with Crippen molar-refractivity contribution >= 4 is 17.5 Å². The lowest BCUT2D eigenvalue weighted by Gasteiger charge is -2.38. The molecule has 2 aromatic rings. The van der Waals surface area contributed by atoms with E-state index in [1.165, 1.54) is 0 Å². The first-order valence-electron chi connectivity index (χ1n) is 9.37. The zero-order valence-electron chi connectivity index (χ0n) is 17.2. The third-order valence-electron chi connectivity index (χ3n) is 5.31. The number of carbonyl (C=O) groups excluding carboxylic acids is 1. The number of halogens is 1. The van der Waals surface area contributed by atoms with Crippen molar-refractivity contribution in [2.75, 3.05) is 40.9 Å². The summed E-state index contributed by atoms with van der Waals surface area (Å²) in [4.78, 5) is 14.4. The first-order chi connectivity index (χ1) is 14.1. The Bertz CT molecular complexity index is 886. The highest BCUT2D eigenvalue weighted by atomic mass is 35.5. The van der Waals surface area contributed by atoms with Crippen LogP contribution >= 0.6 is 11.6 Å². The number of methoxy groups -OCH3 is 4. The monoisotopic (exact) mass is 419 g/mol. The molecule has 1 aliphatic heterocycles. The Hall–Kier alpha value is -2.60. The maximum Gasteiger partial charge on any atom is 0.238 e. The van der Waals surface area contributed by atoms with Crippen molar-refractivity contribution in [2.24, 2.45) is 0 Å². The molecular weight excluding hydrogens is 394 g/mol. The first-order valence-corrected chi connectivity index (χ1v) is 9.90. The van der Waals surface area contributed by atoms with Gasteiger partial charge in [-0.15, -0.1) is 11.6 Å². The summed E-state index contributed by atoms with van der Waals surface area (Å²) in [5, 5.41) is 0. The standard InChI is InChI=1S/C22H26ClNO5/c1-26-18-6-5-14(10-19(18)27-2)9-17-16-12-21(29-4)20(28-3)11-15(16)7-8-24(17)22(25)13-23/h5-6,10-12,17H,7-9,13H2,1-4H3/t17-/m0/s1. The van der Waals surface area contributed by atoms with Crippen LogP contribution in [0.25, 0.3) is 0 Å². The highest BCUT2D eigenvalue weighted by molar-refractivity contribution is 6.27. The quantitative estimate of drug-likeness (QED) is 0.641. The molecule has 0 aromatic heterocycles. The predicted octanol–water partition coefficient (Wildman–Crippen LogP) is 3.63. The van der Waals surface area contributed by atoms with Crippen LogP contribution in [-0.4, -0.2) is 51.7 Å². The third kappa shape index (κ3) is 4.22. The van der Waals surface area contributed by atoms with Gasteiger partial charge in [0.15, 0.2) is 23.0 Å². The van der Waals surface area contributed by atoms with E-state index in [0.29, 0.717) is 36.0 Å². The normalized spacial score (nSPS) is 15.5. The molecular formula is C22H26ClNO5. The molecule has 0 spiro atoms. The number of ether oxygens (including phenoxy) is 4. The van der Waals surface area contributed by atoms with Crippen LogP contribution in [-0.2, 0) is 17.6 Å². The van der Waals surface area contributed by atoms with Gasteiger partial charge in [-0.2, -0.15) is 0 Å². The molecule has 6 nitrogen and oxygen atoms in total. The van der Waals surface area contributed by atoms with E-state index in [9.17, 15) is 4.79 Å². The van der Waals surface area contributed by atoms with E-state index in [1.54, 1.807) is 28.4 Å². The highest BCUT2D eigenvalue weighted by Crippen LogP contribution is 2.40. The van der Waals surface area contributed by atoms with Crippen LogP contribution in [0.5, 0.6) is 23.0 Å². The van der Waals surface area contributed by atoms with Crippen molar-refractivity contribution in [3.05, 3.63) is 47.0 Å². The molecule has 0 saturated heterocycles. The number of amides is 1. The van der Waals surface area contributed by atoms with Gasteiger partial charge in [-0.25, -0.2) is 0 Å². The maximum atomic E-state index is 12.6. The number of hydrogen-bond acceptors (Lipinski definition) is 5. The smallest absolute Gasteiger partial charge is 0.238 e. The van der Waals surface area contributed by atoms with E-state index in [0.717, 1.165) is 23.1 Å². The van der Waals surface area contributed by atoms with Gasteiger partial charge in [0.1, 0.15) is 5.88 Å². The molecule has 0 bridgehead atoms. The van der Waals surface area contributed by atoms with Crippen molar-refractivity contribution in [2.45, 2.75) is 18.9 Å². The lowest BCUT2D eigenvalue weighted by atomic mass is 9.88. The molecule has 0 fully saturated rings. The number of benzene rings is 2. The number of fused-ring (bicyclic) bond motifs is 1. The summed E-state index contributed by atoms with van der Waals surface area (Å²) < 4.78 is 21.7. The van der Waals surface area contributed by atoms with Gasteiger partial charge in [-0.05, 0) is 53.8 Å². The number of alkyl halides is 1. The Morgan fingerprint density at radius 3 is 2.21 bits per heavy atom. The minimum Gasteiger partial charge on any atom is -0.493 e. The van der Waals surface area contributed by atoms with E-state index in [-0.39, 0.29) is 17.8 Å². The van der Waals surface area contributed by atoms with Gasteiger partial charge < -0.3 is 23.8 Å². The zero-order chi connectivity index (χ0) is 21.0. The fraction of sp³-hybridized carbons (Fsp3) is 0.409. The molecule has 3 rings (SSSR count). The van der Waals surface area contributed by atoms with Crippen molar-refractivity contribution in [1.29, 1.82) is 0 Å². The average Bonchev–Trinajstić information content (AvgIpc) is 2.77. The Kier molecular flexibility index (Phi) is 6.75. The van der Waals surface area contributed by atoms with Crippen molar-refractivity contribution in [1.82, 2.24) is 4.90 Å². The topological polar surface area (TPSA) is 57.2 Å². The molecule has 2 aromatic carbocycles. The number of carbonyl (C=O) groups is 1. The van der Waals surface area contributed by atoms with Gasteiger partial charge in [0.25, 0.3) is 0 Å². The van der Waals surface area contributed by atoms with Gasteiger partial charge in [0, 0.05) is 6.54 Å². The largest absolute Gasteiger partial charge is 0.493 e. The molecule has 1 heterocycles.